The SMILES string of the molecule is C[N+](C)(C)CC(O)C(=O)c1cccc(O)c1O. The number of rotatable bonds is 4. The van der Waals surface area contributed by atoms with Crippen molar-refractivity contribution in [3.8, 4) is 11.5 Å². The normalized spacial score (nSPS) is 13.4. The molecule has 1 atom stereocenters. The maximum Gasteiger partial charge on any atom is 0.200 e. The lowest BCUT2D eigenvalue weighted by molar-refractivity contribution is -0.872. The Kier molecular flexibility index (Phi) is 3.75. The Balaban J connectivity index is 2.93. The lowest BCUT2D eigenvalue weighted by Crippen LogP contribution is -2.44. The summed E-state index contributed by atoms with van der Waals surface area (Å²) in [6.07, 6.45) is -1.21. The number of aromatic hydroxyl groups is 2. The van der Waals surface area contributed by atoms with Crippen molar-refractivity contribution in [1.82, 2.24) is 0 Å². The number of hydrogen-bond donors (Lipinski definition) is 3. The molecule has 17 heavy (non-hydrogen) atoms. The van der Waals surface area contributed by atoms with Gasteiger partial charge in [-0.1, -0.05) is 6.07 Å². The van der Waals surface area contributed by atoms with Crippen LogP contribution in [0.15, 0.2) is 18.2 Å². The van der Waals surface area contributed by atoms with Gasteiger partial charge in [0.25, 0.3) is 0 Å². The van der Waals surface area contributed by atoms with E-state index in [0.717, 1.165) is 0 Å². The molecule has 1 aromatic rings. The Morgan fingerprint density at radius 1 is 1.29 bits per heavy atom. The molecule has 94 valence electrons. The fourth-order valence-corrected chi connectivity index (χ4v) is 1.51. The molecule has 0 aliphatic rings. The highest BCUT2D eigenvalue weighted by molar-refractivity contribution is 6.02. The summed E-state index contributed by atoms with van der Waals surface area (Å²) in [5.41, 5.74) is -0.0639. The van der Waals surface area contributed by atoms with Crippen molar-refractivity contribution in [2.45, 2.75) is 6.10 Å². The third kappa shape index (κ3) is 3.44. The van der Waals surface area contributed by atoms with E-state index in [9.17, 15) is 20.1 Å². The molecule has 0 heterocycles. The van der Waals surface area contributed by atoms with Gasteiger partial charge in [-0.25, -0.2) is 0 Å². The van der Waals surface area contributed by atoms with Gasteiger partial charge in [-0.05, 0) is 12.1 Å². The van der Waals surface area contributed by atoms with Crippen LogP contribution < -0.4 is 0 Å². The fourth-order valence-electron chi connectivity index (χ4n) is 1.51. The summed E-state index contributed by atoms with van der Waals surface area (Å²) in [6.45, 7) is 0.230. The van der Waals surface area contributed by atoms with Gasteiger partial charge in [0, 0.05) is 0 Å². The number of quaternary nitrogens is 1. The van der Waals surface area contributed by atoms with Gasteiger partial charge >= 0.3 is 0 Å². The van der Waals surface area contributed by atoms with Crippen LogP contribution in [0.4, 0.5) is 0 Å². The molecule has 3 N–H and O–H groups in total. The highest BCUT2D eigenvalue weighted by Gasteiger charge is 2.26. The van der Waals surface area contributed by atoms with Crippen molar-refractivity contribution in [2.24, 2.45) is 0 Å². The minimum atomic E-state index is -1.21. The van der Waals surface area contributed by atoms with Crippen LogP contribution in [0, 0.1) is 0 Å². The Morgan fingerprint density at radius 3 is 2.41 bits per heavy atom. The number of benzene rings is 1. The van der Waals surface area contributed by atoms with Gasteiger partial charge in [-0.2, -0.15) is 0 Å². The van der Waals surface area contributed by atoms with Crippen LogP contribution >= 0.6 is 0 Å². The lowest BCUT2D eigenvalue weighted by atomic mass is 10.0. The number of likely N-dealkylation sites (N-methyl/N-ethyl adjacent to an activating group) is 1. The summed E-state index contributed by atoms with van der Waals surface area (Å²) in [7, 11) is 5.54. The molecular formula is C12H18NO4+. The van der Waals surface area contributed by atoms with E-state index in [4.69, 9.17) is 0 Å². The number of Topliss-reactive ketones (excluding diaryl/α,β-unsaturated/α-hetero) is 1. The Labute approximate surface area is 100 Å². The Morgan fingerprint density at radius 2 is 1.88 bits per heavy atom. The Bertz CT molecular complexity index is 423. The van der Waals surface area contributed by atoms with E-state index in [1.165, 1.54) is 18.2 Å². The van der Waals surface area contributed by atoms with Crippen LogP contribution in [0.2, 0.25) is 0 Å². The molecule has 0 fully saturated rings. The van der Waals surface area contributed by atoms with Gasteiger partial charge in [0.1, 0.15) is 6.54 Å². The monoisotopic (exact) mass is 240 g/mol. The number of aliphatic hydroxyl groups is 1. The molecule has 1 rings (SSSR count). The first-order valence-electron chi connectivity index (χ1n) is 5.26. The molecular weight excluding hydrogens is 222 g/mol. The molecule has 5 heteroatoms. The Hall–Kier alpha value is -1.59. The zero-order chi connectivity index (χ0) is 13.2. The molecule has 0 saturated carbocycles. The van der Waals surface area contributed by atoms with E-state index in [1.54, 1.807) is 0 Å². The largest absolute Gasteiger partial charge is 0.504 e. The molecule has 0 aromatic heterocycles. The summed E-state index contributed by atoms with van der Waals surface area (Å²) in [6, 6.07) is 4.09. The van der Waals surface area contributed by atoms with Gasteiger partial charge in [-0.3, -0.25) is 4.79 Å². The molecule has 0 spiro atoms. The number of para-hydroxylation sites is 1. The average molecular weight is 240 g/mol. The van der Waals surface area contributed by atoms with Crippen molar-refractivity contribution in [3.05, 3.63) is 23.8 Å². The van der Waals surface area contributed by atoms with Crippen molar-refractivity contribution in [1.29, 1.82) is 0 Å². The number of phenols is 2. The summed E-state index contributed by atoms with van der Waals surface area (Å²) in [5.74, 6) is -1.45. The minimum Gasteiger partial charge on any atom is -0.504 e. The van der Waals surface area contributed by atoms with Crippen LogP contribution in [0.25, 0.3) is 0 Å². The van der Waals surface area contributed by atoms with Crippen molar-refractivity contribution < 1.29 is 24.6 Å². The van der Waals surface area contributed by atoms with Crippen LogP contribution in [0.5, 0.6) is 11.5 Å². The van der Waals surface area contributed by atoms with E-state index < -0.39 is 17.6 Å². The number of phenolic OH excluding ortho intramolecular Hbond substituents is 2. The smallest absolute Gasteiger partial charge is 0.200 e. The molecule has 0 radical (unpaired) electrons. The zero-order valence-electron chi connectivity index (χ0n) is 10.2. The molecule has 1 unspecified atom stereocenters. The molecule has 0 bridgehead atoms. The van der Waals surface area contributed by atoms with Gasteiger partial charge in [0.15, 0.2) is 17.6 Å². The fraction of sp³-hybridized carbons (Fsp3) is 0.417. The number of nitrogens with zero attached hydrogens (tertiary/aromatic N) is 1. The first kappa shape index (κ1) is 13.5. The van der Waals surface area contributed by atoms with Gasteiger partial charge in [0.2, 0.25) is 5.78 Å². The highest BCUT2D eigenvalue weighted by atomic mass is 16.3. The highest BCUT2D eigenvalue weighted by Crippen LogP contribution is 2.29. The van der Waals surface area contributed by atoms with E-state index in [0.29, 0.717) is 4.48 Å². The zero-order valence-corrected chi connectivity index (χ0v) is 10.2. The molecule has 0 aliphatic heterocycles. The quantitative estimate of drug-likeness (QED) is 0.403. The molecule has 0 saturated heterocycles. The van der Waals surface area contributed by atoms with Gasteiger partial charge < -0.3 is 19.8 Å². The van der Waals surface area contributed by atoms with E-state index in [1.807, 2.05) is 21.1 Å². The summed E-state index contributed by atoms with van der Waals surface area (Å²) in [4.78, 5) is 11.9. The number of carbonyl (C=O) groups excluding carboxylic acids is 1. The minimum absolute atomic E-state index is 0.0639. The lowest BCUT2D eigenvalue weighted by Gasteiger charge is -2.26. The van der Waals surface area contributed by atoms with Crippen molar-refractivity contribution >= 4 is 5.78 Å². The molecule has 0 aliphatic carbocycles. The van der Waals surface area contributed by atoms with Crippen molar-refractivity contribution in [3.63, 3.8) is 0 Å². The van der Waals surface area contributed by atoms with E-state index in [2.05, 4.69) is 0 Å². The van der Waals surface area contributed by atoms with Gasteiger partial charge in [-0.15, -0.1) is 0 Å². The van der Waals surface area contributed by atoms with Crippen LogP contribution in [-0.4, -0.2) is 59.4 Å². The van der Waals surface area contributed by atoms with Crippen molar-refractivity contribution in [2.75, 3.05) is 27.7 Å². The first-order chi connectivity index (χ1) is 7.72. The average Bonchev–Trinajstić information content (AvgIpc) is 2.18. The first-order valence-corrected chi connectivity index (χ1v) is 5.26. The third-order valence-electron chi connectivity index (χ3n) is 2.30. The predicted octanol–water partition coefficient (Wildman–Crippen LogP) is 0.348. The number of aliphatic hydroxyl groups excluding tert-OH is 1. The molecule has 1 aromatic carbocycles. The summed E-state index contributed by atoms with van der Waals surface area (Å²) >= 11 is 0. The second kappa shape index (κ2) is 4.73. The number of ketones is 1. The molecule has 0 amide bonds. The maximum atomic E-state index is 11.9. The number of hydrogen-bond acceptors (Lipinski definition) is 4. The van der Waals surface area contributed by atoms with Crippen LogP contribution in [0.3, 0.4) is 0 Å². The standard InChI is InChI=1S/C12H17NO4/c1-13(2,3)7-10(15)12(17)8-5-4-6-9(14)11(8)16/h4-6,10,15H,7H2,1-3H3,(H-,14,16,17)/p+1. The topological polar surface area (TPSA) is 77.8 Å². The second-order valence-corrected chi connectivity index (χ2v) is 5.03. The van der Waals surface area contributed by atoms with Crippen LogP contribution in [0.1, 0.15) is 10.4 Å². The summed E-state index contributed by atoms with van der Waals surface area (Å²) < 4.78 is 0.423. The number of carbonyl (C=O) groups is 1. The second-order valence-electron chi connectivity index (χ2n) is 5.03. The maximum absolute atomic E-state index is 11.9. The summed E-state index contributed by atoms with van der Waals surface area (Å²) in [5, 5.41) is 28.6. The van der Waals surface area contributed by atoms with E-state index >= 15 is 0 Å². The van der Waals surface area contributed by atoms with Crippen LogP contribution in [-0.2, 0) is 0 Å². The van der Waals surface area contributed by atoms with E-state index in [-0.39, 0.29) is 17.9 Å². The molecule has 5 nitrogen and oxygen atoms in total. The third-order valence-corrected chi connectivity index (χ3v) is 2.30. The van der Waals surface area contributed by atoms with Gasteiger partial charge in [0.05, 0.1) is 26.7 Å². The predicted molar refractivity (Wildman–Crippen MR) is 63.0 cm³/mol.